The Morgan fingerprint density at radius 1 is 1.29 bits per heavy atom. The summed E-state index contributed by atoms with van der Waals surface area (Å²) in [5, 5.41) is 13.3. The highest BCUT2D eigenvalue weighted by Crippen LogP contribution is 2.24. The first-order valence-corrected chi connectivity index (χ1v) is 7.94. The van der Waals surface area contributed by atoms with Gasteiger partial charge in [-0.25, -0.2) is 24.2 Å². The van der Waals surface area contributed by atoms with Crippen LogP contribution in [0.3, 0.4) is 0 Å². The van der Waals surface area contributed by atoms with Crippen LogP contribution < -0.4 is 10.6 Å². The Bertz CT molecular complexity index is 771. The number of carboxylic acids is 1. The van der Waals surface area contributed by atoms with Crippen LogP contribution in [-0.2, 0) is 0 Å². The lowest BCUT2D eigenvalue weighted by Gasteiger charge is -2.32. The quantitative estimate of drug-likeness (QED) is 0.858. The zero-order chi connectivity index (χ0) is 17.3. The molecule has 0 amide bonds. The van der Waals surface area contributed by atoms with Crippen molar-refractivity contribution in [2.75, 3.05) is 18.0 Å². The largest absolute Gasteiger partial charge is 0.476 e. The zero-order valence-electron chi connectivity index (χ0n) is 13.6. The second kappa shape index (κ2) is 6.42. The Kier molecular flexibility index (Phi) is 4.32. The maximum atomic E-state index is 12.0. The standard InChI is InChI=1S/C15H20N6O3/c1-9(2)13-18-15(24)21(19-13)10-3-5-20(6-4-10)12-8-16-11(7-17-12)14(22)23/h7-10H,3-6H2,1-2H3,(H,22,23)(H,18,19,24). The zero-order valence-corrected chi connectivity index (χ0v) is 13.6. The molecule has 0 radical (unpaired) electrons. The molecule has 24 heavy (non-hydrogen) atoms. The van der Waals surface area contributed by atoms with E-state index in [1.807, 2.05) is 18.7 Å². The van der Waals surface area contributed by atoms with E-state index in [0.29, 0.717) is 24.7 Å². The molecule has 0 bridgehead atoms. The predicted molar refractivity (Wildman–Crippen MR) is 86.4 cm³/mol. The number of carbonyl (C=O) groups is 1. The van der Waals surface area contributed by atoms with Crippen molar-refractivity contribution in [3.63, 3.8) is 0 Å². The van der Waals surface area contributed by atoms with Crippen LogP contribution >= 0.6 is 0 Å². The number of aromatic amines is 1. The van der Waals surface area contributed by atoms with Crippen molar-refractivity contribution in [3.8, 4) is 0 Å². The minimum Gasteiger partial charge on any atom is -0.476 e. The van der Waals surface area contributed by atoms with Gasteiger partial charge in [-0.15, -0.1) is 0 Å². The average molecular weight is 332 g/mol. The molecule has 3 rings (SSSR count). The van der Waals surface area contributed by atoms with Gasteiger partial charge in [-0.2, -0.15) is 5.10 Å². The molecule has 0 aliphatic carbocycles. The Labute approximate surface area is 138 Å². The molecule has 2 N–H and O–H groups in total. The Morgan fingerprint density at radius 3 is 2.50 bits per heavy atom. The number of anilines is 1. The first kappa shape index (κ1) is 16.2. The monoisotopic (exact) mass is 332 g/mol. The Morgan fingerprint density at radius 2 is 2.00 bits per heavy atom. The highest BCUT2D eigenvalue weighted by atomic mass is 16.4. The summed E-state index contributed by atoms with van der Waals surface area (Å²) in [7, 11) is 0. The summed E-state index contributed by atoms with van der Waals surface area (Å²) in [4.78, 5) is 35.8. The van der Waals surface area contributed by atoms with Crippen LogP contribution in [0.2, 0.25) is 0 Å². The van der Waals surface area contributed by atoms with Gasteiger partial charge in [-0.3, -0.25) is 4.98 Å². The van der Waals surface area contributed by atoms with Gasteiger partial charge in [0, 0.05) is 19.0 Å². The van der Waals surface area contributed by atoms with Crippen LogP contribution in [0.1, 0.15) is 55.0 Å². The van der Waals surface area contributed by atoms with Gasteiger partial charge in [-0.1, -0.05) is 13.8 Å². The maximum Gasteiger partial charge on any atom is 0.356 e. The SMILES string of the molecule is CC(C)c1nn(C2CCN(c3cnc(C(=O)O)cn3)CC2)c(=O)[nH]1. The molecule has 0 spiro atoms. The van der Waals surface area contributed by atoms with E-state index in [0.717, 1.165) is 12.8 Å². The van der Waals surface area contributed by atoms with E-state index in [2.05, 4.69) is 20.1 Å². The van der Waals surface area contributed by atoms with E-state index >= 15 is 0 Å². The van der Waals surface area contributed by atoms with E-state index in [9.17, 15) is 9.59 Å². The number of hydrogen-bond donors (Lipinski definition) is 2. The molecule has 0 atom stereocenters. The number of H-pyrrole nitrogens is 1. The second-order valence-corrected chi connectivity index (χ2v) is 6.20. The number of nitrogens with one attached hydrogen (secondary N) is 1. The van der Waals surface area contributed by atoms with E-state index in [4.69, 9.17) is 5.11 Å². The number of rotatable bonds is 4. The van der Waals surface area contributed by atoms with Crippen LogP contribution in [0.5, 0.6) is 0 Å². The van der Waals surface area contributed by atoms with Gasteiger partial charge < -0.3 is 10.0 Å². The molecule has 1 fully saturated rings. The molecule has 2 aromatic rings. The van der Waals surface area contributed by atoms with Crippen LogP contribution in [0.4, 0.5) is 5.82 Å². The molecule has 128 valence electrons. The normalized spacial score (nSPS) is 15.9. The third kappa shape index (κ3) is 3.15. The number of aromatic carboxylic acids is 1. The molecule has 2 aromatic heterocycles. The highest BCUT2D eigenvalue weighted by Gasteiger charge is 2.24. The lowest BCUT2D eigenvalue weighted by molar-refractivity contribution is 0.0690. The molecule has 0 saturated carbocycles. The van der Waals surface area contributed by atoms with Gasteiger partial charge in [0.25, 0.3) is 0 Å². The summed E-state index contributed by atoms with van der Waals surface area (Å²) >= 11 is 0. The first-order chi connectivity index (χ1) is 11.5. The molecule has 0 aromatic carbocycles. The van der Waals surface area contributed by atoms with E-state index in [-0.39, 0.29) is 23.3 Å². The second-order valence-electron chi connectivity index (χ2n) is 6.20. The average Bonchev–Trinajstić information content (AvgIpc) is 2.97. The highest BCUT2D eigenvalue weighted by molar-refractivity contribution is 5.84. The number of piperidine rings is 1. The number of hydrogen-bond acceptors (Lipinski definition) is 6. The van der Waals surface area contributed by atoms with Gasteiger partial charge in [0.05, 0.1) is 18.4 Å². The number of nitrogens with zero attached hydrogens (tertiary/aromatic N) is 5. The molecule has 9 nitrogen and oxygen atoms in total. The van der Waals surface area contributed by atoms with Gasteiger partial charge in [0.2, 0.25) is 0 Å². The van der Waals surface area contributed by atoms with Gasteiger partial charge in [-0.05, 0) is 12.8 Å². The van der Waals surface area contributed by atoms with Crippen molar-refractivity contribution in [1.82, 2.24) is 24.7 Å². The minimum atomic E-state index is -1.09. The van der Waals surface area contributed by atoms with Crippen LogP contribution in [0, 0.1) is 0 Å². The summed E-state index contributed by atoms with van der Waals surface area (Å²) in [5.74, 6) is 0.446. The fourth-order valence-corrected chi connectivity index (χ4v) is 2.80. The first-order valence-electron chi connectivity index (χ1n) is 7.94. The Balaban J connectivity index is 1.67. The molecule has 9 heteroatoms. The summed E-state index contributed by atoms with van der Waals surface area (Å²) < 4.78 is 1.55. The van der Waals surface area contributed by atoms with Gasteiger partial charge in [0.1, 0.15) is 11.6 Å². The van der Waals surface area contributed by atoms with Gasteiger partial charge >= 0.3 is 11.7 Å². The predicted octanol–water partition coefficient (Wildman–Crippen LogP) is 1.02. The molecule has 1 saturated heterocycles. The van der Waals surface area contributed by atoms with Crippen molar-refractivity contribution in [3.05, 3.63) is 34.4 Å². The lowest BCUT2D eigenvalue weighted by atomic mass is 10.1. The number of aromatic nitrogens is 5. The molecule has 3 heterocycles. The van der Waals surface area contributed by atoms with Crippen LogP contribution in [0.15, 0.2) is 17.2 Å². The van der Waals surface area contributed by atoms with Crippen LogP contribution in [-0.4, -0.2) is 48.9 Å². The number of carboxylic acid groups (broad SMARTS) is 1. The fourth-order valence-electron chi connectivity index (χ4n) is 2.80. The van der Waals surface area contributed by atoms with E-state index in [1.165, 1.54) is 12.4 Å². The van der Waals surface area contributed by atoms with Crippen molar-refractivity contribution in [2.24, 2.45) is 0 Å². The Hall–Kier alpha value is -2.71. The maximum absolute atomic E-state index is 12.0. The van der Waals surface area contributed by atoms with Crippen LogP contribution in [0.25, 0.3) is 0 Å². The molecule has 0 unspecified atom stereocenters. The minimum absolute atomic E-state index is 0.0590. The topological polar surface area (TPSA) is 117 Å². The lowest BCUT2D eigenvalue weighted by Crippen LogP contribution is -2.38. The third-order valence-electron chi connectivity index (χ3n) is 4.20. The third-order valence-corrected chi connectivity index (χ3v) is 4.20. The molecular formula is C15H20N6O3. The summed E-state index contributed by atoms with van der Waals surface area (Å²) in [6.45, 7) is 5.40. The summed E-state index contributed by atoms with van der Waals surface area (Å²) in [6.07, 6.45) is 4.27. The molecular weight excluding hydrogens is 312 g/mol. The van der Waals surface area contributed by atoms with E-state index in [1.54, 1.807) is 4.68 Å². The van der Waals surface area contributed by atoms with Crippen molar-refractivity contribution >= 4 is 11.8 Å². The summed E-state index contributed by atoms with van der Waals surface area (Å²) in [6, 6.07) is 0.0590. The van der Waals surface area contributed by atoms with Crippen molar-refractivity contribution in [2.45, 2.75) is 38.6 Å². The van der Waals surface area contributed by atoms with Crippen molar-refractivity contribution in [1.29, 1.82) is 0 Å². The summed E-state index contributed by atoms with van der Waals surface area (Å²) in [5.41, 5.74) is -0.235. The van der Waals surface area contributed by atoms with Gasteiger partial charge in [0.15, 0.2) is 5.69 Å². The van der Waals surface area contributed by atoms with E-state index < -0.39 is 5.97 Å². The molecule has 1 aliphatic rings. The fraction of sp³-hybridized carbons (Fsp3) is 0.533. The smallest absolute Gasteiger partial charge is 0.356 e. The molecule has 1 aliphatic heterocycles. The van der Waals surface area contributed by atoms with Crippen molar-refractivity contribution < 1.29 is 9.90 Å².